The monoisotopic (exact) mass is 476 g/mol. The van der Waals surface area contributed by atoms with Crippen LogP contribution in [0, 0.1) is 0 Å². The lowest BCUT2D eigenvalue weighted by Gasteiger charge is -2.20. The molecule has 4 unspecified atom stereocenters. The molecule has 35 heavy (non-hydrogen) atoms. The van der Waals surface area contributed by atoms with E-state index >= 15 is 0 Å². The fourth-order valence-electron chi connectivity index (χ4n) is 5.64. The Hall–Kier alpha value is -1.64. The molecule has 2 aromatic carbocycles. The van der Waals surface area contributed by atoms with Crippen LogP contribution in [0.25, 0.3) is 0 Å². The van der Waals surface area contributed by atoms with E-state index in [9.17, 15) is 0 Å². The van der Waals surface area contributed by atoms with Crippen molar-refractivity contribution < 1.29 is 9.47 Å². The SMILES string of the molecule is CC(C)(C)c1ccc(C2CCC(CCCCCC3CCC(c4ccc(C(C)(C)C)cc4)O3)O2)cc1. The number of hydrogen-bond acceptors (Lipinski definition) is 2. The fraction of sp³-hybridized carbons (Fsp3) is 0.636. The van der Waals surface area contributed by atoms with Crippen LogP contribution in [0.5, 0.6) is 0 Å². The molecule has 0 spiro atoms. The van der Waals surface area contributed by atoms with Crippen LogP contribution < -0.4 is 0 Å². The van der Waals surface area contributed by atoms with Crippen LogP contribution in [0.4, 0.5) is 0 Å². The highest BCUT2D eigenvalue weighted by atomic mass is 16.5. The molecular formula is C33H48O2. The summed E-state index contributed by atoms with van der Waals surface area (Å²) in [6.45, 7) is 13.6. The zero-order chi connectivity index (χ0) is 25.1. The maximum absolute atomic E-state index is 6.42. The summed E-state index contributed by atoms with van der Waals surface area (Å²) in [6, 6.07) is 18.2. The lowest BCUT2D eigenvalue weighted by molar-refractivity contribution is 0.0346. The maximum Gasteiger partial charge on any atom is 0.0829 e. The van der Waals surface area contributed by atoms with E-state index in [1.54, 1.807) is 0 Å². The molecule has 4 atom stereocenters. The molecule has 2 saturated heterocycles. The number of unbranched alkanes of at least 4 members (excludes halogenated alkanes) is 2. The molecule has 0 amide bonds. The third-order valence-electron chi connectivity index (χ3n) is 8.06. The van der Waals surface area contributed by atoms with Crippen LogP contribution in [0.15, 0.2) is 48.5 Å². The Morgan fingerprint density at radius 2 is 0.914 bits per heavy atom. The Bertz CT molecular complexity index is 836. The predicted molar refractivity (Wildman–Crippen MR) is 147 cm³/mol. The van der Waals surface area contributed by atoms with Crippen molar-refractivity contribution in [3.8, 4) is 0 Å². The van der Waals surface area contributed by atoms with Crippen molar-refractivity contribution in [2.24, 2.45) is 0 Å². The van der Waals surface area contributed by atoms with Gasteiger partial charge in [-0.2, -0.15) is 0 Å². The molecule has 4 rings (SSSR count). The van der Waals surface area contributed by atoms with Gasteiger partial charge in [0, 0.05) is 0 Å². The molecule has 0 bridgehead atoms. The maximum atomic E-state index is 6.42. The van der Waals surface area contributed by atoms with Crippen LogP contribution in [0.1, 0.15) is 134 Å². The van der Waals surface area contributed by atoms with E-state index in [-0.39, 0.29) is 23.0 Å². The van der Waals surface area contributed by atoms with Gasteiger partial charge in [0.15, 0.2) is 0 Å². The predicted octanol–water partition coefficient (Wildman–Crippen LogP) is 9.37. The highest BCUT2D eigenvalue weighted by molar-refractivity contribution is 5.30. The summed E-state index contributed by atoms with van der Waals surface area (Å²) < 4.78 is 12.8. The third kappa shape index (κ3) is 7.20. The third-order valence-corrected chi connectivity index (χ3v) is 8.06. The van der Waals surface area contributed by atoms with Crippen molar-refractivity contribution in [1.82, 2.24) is 0 Å². The summed E-state index contributed by atoms with van der Waals surface area (Å²) >= 11 is 0. The Kier molecular flexibility index (Phi) is 8.44. The van der Waals surface area contributed by atoms with Gasteiger partial charge in [0.1, 0.15) is 0 Å². The van der Waals surface area contributed by atoms with Gasteiger partial charge in [-0.15, -0.1) is 0 Å². The smallest absolute Gasteiger partial charge is 0.0829 e. The van der Waals surface area contributed by atoms with Crippen LogP contribution in [0.3, 0.4) is 0 Å². The highest BCUT2D eigenvalue weighted by Gasteiger charge is 2.28. The molecule has 0 saturated carbocycles. The molecule has 2 aliphatic heterocycles. The molecule has 192 valence electrons. The summed E-state index contributed by atoms with van der Waals surface area (Å²) in [4.78, 5) is 0. The minimum Gasteiger partial charge on any atom is -0.370 e. The van der Waals surface area contributed by atoms with Crippen molar-refractivity contribution in [3.63, 3.8) is 0 Å². The fourth-order valence-corrected chi connectivity index (χ4v) is 5.64. The Balaban J connectivity index is 1.12. The molecule has 2 fully saturated rings. The molecular weight excluding hydrogens is 428 g/mol. The van der Waals surface area contributed by atoms with Crippen LogP contribution in [-0.4, -0.2) is 12.2 Å². The standard InChI is InChI=1S/C33H48O2/c1-32(2,3)26-16-12-24(13-17-26)30-22-20-28(34-30)10-8-7-9-11-29-21-23-31(35-29)25-14-18-27(19-15-25)33(4,5)6/h12-19,28-31H,7-11,20-23H2,1-6H3. The summed E-state index contributed by atoms with van der Waals surface area (Å²) in [7, 11) is 0. The normalized spacial score (nSPS) is 25.3. The average Bonchev–Trinajstić information content (AvgIpc) is 3.48. The summed E-state index contributed by atoms with van der Waals surface area (Å²) in [5.41, 5.74) is 5.90. The first kappa shape index (κ1) is 26.4. The van der Waals surface area contributed by atoms with Gasteiger partial charge in [-0.3, -0.25) is 0 Å². The lowest BCUT2D eigenvalue weighted by atomic mass is 9.86. The number of rotatable bonds is 8. The van der Waals surface area contributed by atoms with E-state index < -0.39 is 0 Å². The van der Waals surface area contributed by atoms with E-state index in [2.05, 4.69) is 90.1 Å². The number of ether oxygens (including phenoxy) is 2. The minimum absolute atomic E-state index is 0.208. The quantitative estimate of drug-likeness (QED) is 0.353. The van der Waals surface area contributed by atoms with Crippen molar-refractivity contribution in [2.75, 3.05) is 0 Å². The first-order valence-corrected chi connectivity index (χ1v) is 14.1. The van der Waals surface area contributed by atoms with Gasteiger partial charge in [0.05, 0.1) is 24.4 Å². The molecule has 0 radical (unpaired) electrons. The van der Waals surface area contributed by atoms with Gasteiger partial charge >= 0.3 is 0 Å². The number of hydrogen-bond donors (Lipinski definition) is 0. The van der Waals surface area contributed by atoms with Gasteiger partial charge < -0.3 is 9.47 Å². The van der Waals surface area contributed by atoms with Crippen LogP contribution in [0.2, 0.25) is 0 Å². The van der Waals surface area contributed by atoms with Crippen molar-refractivity contribution >= 4 is 0 Å². The van der Waals surface area contributed by atoms with Gasteiger partial charge in [-0.25, -0.2) is 0 Å². The Labute approximate surface area is 214 Å². The largest absolute Gasteiger partial charge is 0.370 e. The van der Waals surface area contributed by atoms with E-state index in [1.165, 1.54) is 67.2 Å². The Morgan fingerprint density at radius 1 is 0.543 bits per heavy atom. The van der Waals surface area contributed by atoms with E-state index in [0.717, 1.165) is 12.8 Å². The van der Waals surface area contributed by atoms with Crippen LogP contribution >= 0.6 is 0 Å². The van der Waals surface area contributed by atoms with Crippen molar-refractivity contribution in [1.29, 1.82) is 0 Å². The van der Waals surface area contributed by atoms with Crippen LogP contribution in [-0.2, 0) is 20.3 Å². The van der Waals surface area contributed by atoms with E-state index in [1.807, 2.05) is 0 Å². The average molecular weight is 477 g/mol. The molecule has 2 aromatic rings. The Morgan fingerprint density at radius 3 is 1.26 bits per heavy atom. The van der Waals surface area contributed by atoms with E-state index in [0.29, 0.717) is 12.2 Å². The van der Waals surface area contributed by atoms with Gasteiger partial charge in [-0.05, 0) is 71.6 Å². The van der Waals surface area contributed by atoms with E-state index in [4.69, 9.17) is 9.47 Å². The first-order chi connectivity index (χ1) is 16.6. The molecule has 2 aliphatic rings. The summed E-state index contributed by atoms with van der Waals surface area (Å²) in [5, 5.41) is 0. The number of benzene rings is 2. The van der Waals surface area contributed by atoms with Crippen molar-refractivity contribution in [2.45, 2.75) is 135 Å². The van der Waals surface area contributed by atoms with Gasteiger partial charge in [0.25, 0.3) is 0 Å². The second-order valence-electron chi connectivity index (χ2n) is 13.0. The second-order valence-corrected chi connectivity index (χ2v) is 13.0. The summed E-state index contributed by atoms with van der Waals surface area (Å²) in [5.74, 6) is 0. The molecule has 2 heterocycles. The summed E-state index contributed by atoms with van der Waals surface area (Å²) in [6.07, 6.45) is 12.4. The zero-order valence-electron chi connectivity index (χ0n) is 23.1. The van der Waals surface area contributed by atoms with Gasteiger partial charge in [-0.1, -0.05) is 109 Å². The molecule has 2 nitrogen and oxygen atoms in total. The lowest BCUT2D eigenvalue weighted by Crippen LogP contribution is -2.11. The molecule has 0 aliphatic carbocycles. The van der Waals surface area contributed by atoms with Gasteiger partial charge in [0.2, 0.25) is 0 Å². The second kappa shape index (κ2) is 11.2. The van der Waals surface area contributed by atoms with Crippen molar-refractivity contribution in [3.05, 3.63) is 70.8 Å². The molecule has 2 heteroatoms. The first-order valence-electron chi connectivity index (χ1n) is 14.1. The molecule has 0 N–H and O–H groups in total. The molecule has 0 aromatic heterocycles. The highest BCUT2D eigenvalue weighted by Crippen LogP contribution is 2.37. The zero-order valence-corrected chi connectivity index (χ0v) is 23.1. The minimum atomic E-state index is 0.208. The topological polar surface area (TPSA) is 18.5 Å².